The molecule has 3 rings (SSSR count). The molecule has 0 saturated heterocycles. The zero-order valence-electron chi connectivity index (χ0n) is 13.7. The molecule has 1 fully saturated rings. The highest BCUT2D eigenvalue weighted by atomic mass is 32.2. The molecule has 0 unspecified atom stereocenters. The van der Waals surface area contributed by atoms with Crippen molar-refractivity contribution >= 4 is 10.1 Å². The van der Waals surface area contributed by atoms with E-state index in [1.54, 1.807) is 24.3 Å². The third kappa shape index (κ3) is 4.44. The van der Waals surface area contributed by atoms with Crippen molar-refractivity contribution in [3.05, 3.63) is 65.7 Å². The van der Waals surface area contributed by atoms with Crippen LogP contribution in [0, 0.1) is 12.8 Å². The van der Waals surface area contributed by atoms with Gasteiger partial charge < -0.3 is 4.74 Å². The summed E-state index contributed by atoms with van der Waals surface area (Å²) in [4.78, 5) is 0.212. The summed E-state index contributed by atoms with van der Waals surface area (Å²) in [6.45, 7) is 2.74. The SMILES string of the molecule is Cc1ccc(S(=O)(=O)OC[C@H]2C[C@@H](OCc3ccccc3)C2)cc1. The number of aryl methyl sites for hydroxylation is 1. The highest BCUT2D eigenvalue weighted by molar-refractivity contribution is 7.86. The topological polar surface area (TPSA) is 52.6 Å². The molecule has 0 atom stereocenters. The highest BCUT2D eigenvalue weighted by Crippen LogP contribution is 2.31. The van der Waals surface area contributed by atoms with Crippen molar-refractivity contribution in [2.75, 3.05) is 6.61 Å². The summed E-state index contributed by atoms with van der Waals surface area (Å²) in [6.07, 6.45) is 1.88. The molecule has 2 aromatic carbocycles. The first-order chi connectivity index (χ1) is 11.5. The minimum absolute atomic E-state index is 0.195. The molecular weight excluding hydrogens is 324 g/mol. The van der Waals surface area contributed by atoms with Gasteiger partial charge in [0, 0.05) is 0 Å². The Balaban J connectivity index is 1.40. The van der Waals surface area contributed by atoms with Gasteiger partial charge in [-0.25, -0.2) is 0 Å². The van der Waals surface area contributed by atoms with Gasteiger partial charge in [0.25, 0.3) is 10.1 Å². The predicted octanol–water partition coefficient (Wildman–Crippen LogP) is 3.70. The van der Waals surface area contributed by atoms with Crippen molar-refractivity contribution in [2.45, 2.75) is 37.4 Å². The van der Waals surface area contributed by atoms with Gasteiger partial charge in [-0.2, -0.15) is 8.42 Å². The Morgan fingerprint density at radius 1 is 1.00 bits per heavy atom. The molecule has 5 heteroatoms. The van der Waals surface area contributed by atoms with Gasteiger partial charge in [0.1, 0.15) is 0 Å². The van der Waals surface area contributed by atoms with Gasteiger partial charge in [0.2, 0.25) is 0 Å². The second-order valence-electron chi connectivity index (χ2n) is 6.31. The lowest BCUT2D eigenvalue weighted by atomic mass is 9.83. The molecule has 1 aliphatic rings. The molecule has 1 aliphatic carbocycles. The van der Waals surface area contributed by atoms with Gasteiger partial charge in [-0.15, -0.1) is 0 Å². The molecule has 128 valence electrons. The maximum absolute atomic E-state index is 12.1. The Bertz CT molecular complexity index is 748. The van der Waals surface area contributed by atoms with Gasteiger partial charge in [0.15, 0.2) is 0 Å². The average molecular weight is 346 g/mol. The molecule has 0 aromatic heterocycles. The minimum atomic E-state index is -3.66. The lowest BCUT2D eigenvalue weighted by molar-refractivity contribution is -0.0500. The summed E-state index contributed by atoms with van der Waals surface area (Å²) in [6, 6.07) is 16.7. The average Bonchev–Trinajstić information content (AvgIpc) is 2.54. The van der Waals surface area contributed by atoms with Crippen LogP contribution in [-0.2, 0) is 25.6 Å². The van der Waals surface area contributed by atoms with E-state index in [-0.39, 0.29) is 23.5 Å². The lowest BCUT2D eigenvalue weighted by Crippen LogP contribution is -2.34. The lowest BCUT2D eigenvalue weighted by Gasteiger charge is -2.34. The summed E-state index contributed by atoms with van der Waals surface area (Å²) in [5, 5.41) is 0. The van der Waals surface area contributed by atoms with E-state index < -0.39 is 10.1 Å². The van der Waals surface area contributed by atoms with Gasteiger partial charge in [-0.3, -0.25) is 4.18 Å². The summed E-state index contributed by atoms with van der Waals surface area (Å²) in [7, 11) is -3.66. The van der Waals surface area contributed by atoms with Gasteiger partial charge in [0.05, 0.1) is 24.2 Å². The second-order valence-corrected chi connectivity index (χ2v) is 7.92. The first-order valence-corrected chi connectivity index (χ1v) is 9.55. The van der Waals surface area contributed by atoms with E-state index in [1.807, 2.05) is 37.3 Å². The van der Waals surface area contributed by atoms with E-state index in [0.717, 1.165) is 24.0 Å². The van der Waals surface area contributed by atoms with Crippen LogP contribution in [0.25, 0.3) is 0 Å². The van der Waals surface area contributed by atoms with Crippen molar-refractivity contribution in [3.63, 3.8) is 0 Å². The van der Waals surface area contributed by atoms with E-state index in [1.165, 1.54) is 0 Å². The van der Waals surface area contributed by atoms with Crippen LogP contribution in [0.15, 0.2) is 59.5 Å². The fraction of sp³-hybridized carbons (Fsp3) is 0.368. The third-order valence-electron chi connectivity index (χ3n) is 4.29. The fourth-order valence-corrected chi connectivity index (χ4v) is 3.67. The number of hydrogen-bond acceptors (Lipinski definition) is 4. The maximum Gasteiger partial charge on any atom is 0.296 e. The summed E-state index contributed by atoms with van der Waals surface area (Å²) < 4.78 is 35.3. The van der Waals surface area contributed by atoms with Crippen molar-refractivity contribution in [1.82, 2.24) is 0 Å². The largest absolute Gasteiger partial charge is 0.374 e. The molecule has 4 nitrogen and oxygen atoms in total. The van der Waals surface area contributed by atoms with Crippen LogP contribution in [0.5, 0.6) is 0 Å². The quantitative estimate of drug-likeness (QED) is 0.718. The van der Waals surface area contributed by atoms with Gasteiger partial charge in [-0.05, 0) is 43.4 Å². The van der Waals surface area contributed by atoms with Crippen LogP contribution < -0.4 is 0 Å². The predicted molar refractivity (Wildman–Crippen MR) is 92.1 cm³/mol. The molecule has 2 aromatic rings. The smallest absolute Gasteiger partial charge is 0.296 e. The van der Waals surface area contributed by atoms with Crippen LogP contribution >= 0.6 is 0 Å². The van der Waals surface area contributed by atoms with Crippen molar-refractivity contribution < 1.29 is 17.3 Å². The molecule has 0 radical (unpaired) electrons. The minimum Gasteiger partial charge on any atom is -0.374 e. The molecule has 0 aliphatic heterocycles. The third-order valence-corrected chi connectivity index (χ3v) is 5.59. The first-order valence-electron chi connectivity index (χ1n) is 8.14. The Morgan fingerprint density at radius 3 is 2.33 bits per heavy atom. The van der Waals surface area contributed by atoms with Crippen LogP contribution in [0.4, 0.5) is 0 Å². The van der Waals surface area contributed by atoms with Crippen LogP contribution in [0.1, 0.15) is 24.0 Å². The van der Waals surface area contributed by atoms with E-state index in [2.05, 4.69) is 0 Å². The Hall–Kier alpha value is -1.69. The van der Waals surface area contributed by atoms with Crippen molar-refractivity contribution in [3.8, 4) is 0 Å². The molecular formula is C19H22O4S. The zero-order chi connectivity index (χ0) is 17.0. The summed E-state index contributed by atoms with van der Waals surface area (Å²) in [5.74, 6) is 0.242. The number of rotatable bonds is 7. The monoisotopic (exact) mass is 346 g/mol. The summed E-state index contributed by atoms with van der Waals surface area (Å²) in [5.41, 5.74) is 2.17. The fourth-order valence-electron chi connectivity index (χ4n) is 2.69. The van der Waals surface area contributed by atoms with Crippen LogP contribution in [0.2, 0.25) is 0 Å². The van der Waals surface area contributed by atoms with Gasteiger partial charge in [-0.1, -0.05) is 48.0 Å². The molecule has 0 bridgehead atoms. The number of ether oxygens (including phenoxy) is 1. The molecule has 0 amide bonds. The molecule has 0 spiro atoms. The molecule has 24 heavy (non-hydrogen) atoms. The Kier molecular flexibility index (Phi) is 5.33. The molecule has 0 heterocycles. The summed E-state index contributed by atoms with van der Waals surface area (Å²) >= 11 is 0. The van der Waals surface area contributed by atoms with Crippen molar-refractivity contribution in [2.24, 2.45) is 5.92 Å². The van der Waals surface area contributed by atoms with Crippen LogP contribution in [-0.4, -0.2) is 21.1 Å². The zero-order valence-corrected chi connectivity index (χ0v) is 14.5. The number of benzene rings is 2. The van der Waals surface area contributed by atoms with E-state index in [4.69, 9.17) is 8.92 Å². The Labute approximate surface area is 143 Å². The van der Waals surface area contributed by atoms with Gasteiger partial charge >= 0.3 is 0 Å². The normalized spacial score (nSPS) is 20.5. The van der Waals surface area contributed by atoms with E-state index >= 15 is 0 Å². The van der Waals surface area contributed by atoms with E-state index in [9.17, 15) is 8.42 Å². The Morgan fingerprint density at radius 2 is 1.67 bits per heavy atom. The second kappa shape index (κ2) is 7.47. The standard InChI is InChI=1S/C19H22O4S/c1-15-7-9-19(10-8-15)24(20,21)23-14-17-11-18(12-17)22-13-16-5-3-2-4-6-16/h2-10,17-18H,11-14H2,1H3/t17-,18+. The maximum atomic E-state index is 12.1. The first kappa shape index (κ1) is 17.1. The van der Waals surface area contributed by atoms with Crippen LogP contribution in [0.3, 0.4) is 0 Å². The van der Waals surface area contributed by atoms with E-state index in [0.29, 0.717) is 6.61 Å². The molecule has 0 N–H and O–H groups in total. The highest BCUT2D eigenvalue weighted by Gasteiger charge is 2.31. The molecule has 1 saturated carbocycles. The van der Waals surface area contributed by atoms with Crippen molar-refractivity contribution in [1.29, 1.82) is 0 Å². The number of hydrogen-bond donors (Lipinski definition) is 0.